The molecule has 142 valence electrons. The van der Waals surface area contributed by atoms with Gasteiger partial charge < -0.3 is 19.7 Å². The van der Waals surface area contributed by atoms with E-state index in [9.17, 15) is 9.59 Å². The second-order valence-corrected chi connectivity index (χ2v) is 7.37. The largest absolute Gasteiger partial charge is 0.445 e. The van der Waals surface area contributed by atoms with Crippen molar-refractivity contribution in [1.82, 2.24) is 10.2 Å². The predicted octanol–water partition coefficient (Wildman–Crippen LogP) is 3.87. The van der Waals surface area contributed by atoms with E-state index in [1.165, 1.54) is 0 Å². The monoisotopic (exact) mass is 360 g/mol. The van der Waals surface area contributed by atoms with Gasteiger partial charge in [-0.05, 0) is 39.2 Å². The standard InChI is InChI=1S/C20H28N2O4/c1-5-9-17-16(12-13-22(17)19(24)26-20(2,3)4)21-18(23)25-14-15-10-7-6-8-11-15/h5-8,10-11,16-17H,1,9,12-14H2,2-4H3,(H,21,23)/t16-,17+/m0/s1. The summed E-state index contributed by atoms with van der Waals surface area (Å²) in [7, 11) is 0. The molecule has 1 aliphatic rings. The maximum absolute atomic E-state index is 12.4. The van der Waals surface area contributed by atoms with E-state index in [0.29, 0.717) is 19.4 Å². The highest BCUT2D eigenvalue weighted by Gasteiger charge is 2.39. The van der Waals surface area contributed by atoms with Crippen molar-refractivity contribution in [3.05, 3.63) is 48.6 Å². The summed E-state index contributed by atoms with van der Waals surface area (Å²) in [5.41, 5.74) is 0.364. The van der Waals surface area contributed by atoms with E-state index in [4.69, 9.17) is 9.47 Å². The molecule has 1 N–H and O–H groups in total. The quantitative estimate of drug-likeness (QED) is 0.810. The molecule has 2 amide bonds. The molecule has 1 aromatic carbocycles. The van der Waals surface area contributed by atoms with Gasteiger partial charge in [0, 0.05) is 6.54 Å². The molecule has 0 radical (unpaired) electrons. The van der Waals surface area contributed by atoms with Gasteiger partial charge in [0.1, 0.15) is 12.2 Å². The van der Waals surface area contributed by atoms with E-state index in [-0.39, 0.29) is 24.8 Å². The Morgan fingerprint density at radius 1 is 1.31 bits per heavy atom. The first-order valence-electron chi connectivity index (χ1n) is 8.88. The van der Waals surface area contributed by atoms with Crippen LogP contribution < -0.4 is 5.32 Å². The third kappa shape index (κ3) is 5.79. The molecule has 1 aliphatic heterocycles. The van der Waals surface area contributed by atoms with Gasteiger partial charge in [-0.25, -0.2) is 9.59 Å². The number of ether oxygens (including phenoxy) is 2. The third-order valence-corrected chi connectivity index (χ3v) is 4.10. The second-order valence-electron chi connectivity index (χ2n) is 7.37. The van der Waals surface area contributed by atoms with Crippen LogP contribution in [0.3, 0.4) is 0 Å². The number of carbonyl (C=O) groups excluding carboxylic acids is 2. The van der Waals surface area contributed by atoms with Gasteiger partial charge in [-0.15, -0.1) is 6.58 Å². The minimum absolute atomic E-state index is 0.188. The van der Waals surface area contributed by atoms with Gasteiger partial charge in [0.05, 0.1) is 12.1 Å². The van der Waals surface area contributed by atoms with Crippen LogP contribution in [0.15, 0.2) is 43.0 Å². The molecule has 1 fully saturated rings. The van der Waals surface area contributed by atoms with Crippen molar-refractivity contribution in [1.29, 1.82) is 0 Å². The van der Waals surface area contributed by atoms with Gasteiger partial charge in [0.25, 0.3) is 0 Å². The fourth-order valence-corrected chi connectivity index (χ4v) is 2.95. The molecule has 1 heterocycles. The Bertz CT molecular complexity index is 624. The van der Waals surface area contributed by atoms with Crippen molar-refractivity contribution in [2.75, 3.05) is 6.54 Å². The molecule has 2 atom stereocenters. The van der Waals surface area contributed by atoms with Crippen molar-refractivity contribution in [3.8, 4) is 0 Å². The molecule has 0 bridgehead atoms. The number of alkyl carbamates (subject to hydrolysis) is 1. The van der Waals surface area contributed by atoms with E-state index >= 15 is 0 Å². The SMILES string of the molecule is C=CC[C@@H]1[C@@H](NC(=O)OCc2ccccc2)CCN1C(=O)OC(C)(C)C. The molecule has 0 spiro atoms. The second kappa shape index (κ2) is 8.74. The van der Waals surface area contributed by atoms with Gasteiger partial charge in [-0.2, -0.15) is 0 Å². The molecule has 0 saturated carbocycles. The minimum atomic E-state index is -0.560. The van der Waals surface area contributed by atoms with E-state index in [0.717, 1.165) is 5.56 Å². The number of nitrogens with zero attached hydrogens (tertiary/aromatic N) is 1. The fraction of sp³-hybridized carbons (Fsp3) is 0.500. The predicted molar refractivity (Wildman–Crippen MR) is 99.7 cm³/mol. The molecular formula is C20H28N2O4. The Balaban J connectivity index is 1.92. The Morgan fingerprint density at radius 2 is 2.00 bits per heavy atom. The molecule has 1 saturated heterocycles. The zero-order chi connectivity index (χ0) is 19.2. The lowest BCUT2D eigenvalue weighted by Crippen LogP contribution is -2.47. The molecule has 26 heavy (non-hydrogen) atoms. The van der Waals surface area contributed by atoms with Crippen LogP contribution in [-0.4, -0.2) is 41.3 Å². The Labute approximate surface area is 155 Å². The highest BCUT2D eigenvalue weighted by molar-refractivity contribution is 5.71. The lowest BCUT2D eigenvalue weighted by atomic mass is 10.1. The average Bonchev–Trinajstić information content (AvgIpc) is 2.95. The highest BCUT2D eigenvalue weighted by atomic mass is 16.6. The molecule has 1 aromatic rings. The topological polar surface area (TPSA) is 67.9 Å². The average molecular weight is 360 g/mol. The Hall–Kier alpha value is -2.50. The van der Waals surface area contributed by atoms with E-state index in [1.54, 1.807) is 11.0 Å². The highest BCUT2D eigenvalue weighted by Crippen LogP contribution is 2.24. The van der Waals surface area contributed by atoms with Crippen molar-refractivity contribution < 1.29 is 19.1 Å². The van der Waals surface area contributed by atoms with E-state index in [2.05, 4.69) is 11.9 Å². The summed E-state index contributed by atoms with van der Waals surface area (Å²) >= 11 is 0. The van der Waals surface area contributed by atoms with E-state index in [1.807, 2.05) is 51.1 Å². The van der Waals surface area contributed by atoms with Gasteiger partial charge in [-0.3, -0.25) is 0 Å². The van der Waals surface area contributed by atoms with Crippen LogP contribution in [0.5, 0.6) is 0 Å². The maximum atomic E-state index is 12.4. The first kappa shape index (κ1) is 19.8. The normalized spacial score (nSPS) is 19.7. The van der Waals surface area contributed by atoms with Crippen LogP contribution in [-0.2, 0) is 16.1 Å². The number of hydrogen-bond donors (Lipinski definition) is 1. The van der Waals surface area contributed by atoms with Crippen molar-refractivity contribution in [2.45, 2.75) is 57.9 Å². The lowest BCUT2D eigenvalue weighted by molar-refractivity contribution is 0.0216. The zero-order valence-electron chi connectivity index (χ0n) is 15.7. The van der Waals surface area contributed by atoms with E-state index < -0.39 is 11.7 Å². The summed E-state index contributed by atoms with van der Waals surface area (Å²) in [6.07, 6.45) is 2.11. The van der Waals surface area contributed by atoms with Crippen molar-refractivity contribution in [3.63, 3.8) is 0 Å². The number of benzene rings is 1. The van der Waals surface area contributed by atoms with Gasteiger partial charge in [0.15, 0.2) is 0 Å². The van der Waals surface area contributed by atoms with Crippen LogP contribution in [0.4, 0.5) is 9.59 Å². The molecule has 6 nitrogen and oxygen atoms in total. The third-order valence-electron chi connectivity index (χ3n) is 4.10. The number of rotatable bonds is 5. The molecule has 0 aliphatic carbocycles. The Morgan fingerprint density at radius 3 is 2.62 bits per heavy atom. The van der Waals surface area contributed by atoms with Gasteiger partial charge in [-0.1, -0.05) is 36.4 Å². The summed E-state index contributed by atoms with van der Waals surface area (Å²) in [5, 5.41) is 2.87. The molecule has 6 heteroatoms. The lowest BCUT2D eigenvalue weighted by Gasteiger charge is -2.30. The van der Waals surface area contributed by atoms with Gasteiger partial charge >= 0.3 is 12.2 Å². The first-order valence-corrected chi connectivity index (χ1v) is 8.88. The fourth-order valence-electron chi connectivity index (χ4n) is 2.95. The molecule has 0 aromatic heterocycles. The molecular weight excluding hydrogens is 332 g/mol. The zero-order valence-corrected chi connectivity index (χ0v) is 15.7. The van der Waals surface area contributed by atoms with Crippen LogP contribution in [0.25, 0.3) is 0 Å². The summed E-state index contributed by atoms with van der Waals surface area (Å²) in [5.74, 6) is 0. The molecule has 2 rings (SSSR count). The van der Waals surface area contributed by atoms with Crippen molar-refractivity contribution in [2.24, 2.45) is 0 Å². The molecule has 0 unspecified atom stereocenters. The number of nitrogens with one attached hydrogen (secondary N) is 1. The number of amides is 2. The first-order chi connectivity index (χ1) is 12.3. The summed E-state index contributed by atoms with van der Waals surface area (Å²) < 4.78 is 10.7. The van der Waals surface area contributed by atoms with Gasteiger partial charge in [0.2, 0.25) is 0 Å². The van der Waals surface area contributed by atoms with Crippen LogP contribution in [0.1, 0.15) is 39.2 Å². The summed E-state index contributed by atoms with van der Waals surface area (Å²) in [6, 6.07) is 9.11. The smallest absolute Gasteiger partial charge is 0.410 e. The minimum Gasteiger partial charge on any atom is -0.445 e. The van der Waals surface area contributed by atoms with Crippen molar-refractivity contribution >= 4 is 12.2 Å². The number of likely N-dealkylation sites (tertiary alicyclic amines) is 1. The van der Waals surface area contributed by atoms with Crippen LogP contribution in [0, 0.1) is 0 Å². The summed E-state index contributed by atoms with van der Waals surface area (Å²) in [6.45, 7) is 9.99. The summed E-state index contributed by atoms with van der Waals surface area (Å²) in [4.78, 5) is 26.2. The Kier molecular flexibility index (Phi) is 6.66. The maximum Gasteiger partial charge on any atom is 0.410 e. The number of carbonyl (C=O) groups is 2. The van der Waals surface area contributed by atoms with Crippen LogP contribution >= 0.6 is 0 Å². The number of hydrogen-bond acceptors (Lipinski definition) is 4. The van der Waals surface area contributed by atoms with Crippen LogP contribution in [0.2, 0.25) is 0 Å².